The van der Waals surface area contributed by atoms with E-state index in [1.165, 1.54) is 14.2 Å². The molecule has 8 nitrogen and oxygen atoms in total. The number of aliphatic imine (C=N–C) groups is 1. The quantitative estimate of drug-likeness (QED) is 0.648. The monoisotopic (exact) mass is 425 g/mol. The third kappa shape index (κ3) is 2.90. The molecular formula is C18H12BrN5O3. The SMILES string of the molecule is COC1=NC(c2nc3ncc(Br)nc3n2-c2c(O)cccc2OC)=C=C=C1. The third-order valence-corrected chi connectivity index (χ3v) is 4.17. The van der Waals surface area contributed by atoms with Gasteiger partial charge in [0.25, 0.3) is 0 Å². The zero-order chi connectivity index (χ0) is 19.0. The van der Waals surface area contributed by atoms with Crippen LogP contribution in [-0.2, 0) is 4.74 Å². The second-order valence-corrected chi connectivity index (χ2v) is 6.17. The number of ether oxygens (including phenoxy) is 2. The second kappa shape index (κ2) is 6.74. The topological polar surface area (TPSA) is 94.7 Å². The smallest absolute Gasteiger partial charge is 0.222 e. The molecule has 0 amide bonds. The van der Waals surface area contributed by atoms with Crippen LogP contribution >= 0.6 is 15.9 Å². The number of rotatable bonds is 3. The molecule has 0 spiro atoms. The second-order valence-electron chi connectivity index (χ2n) is 5.36. The van der Waals surface area contributed by atoms with Crippen molar-refractivity contribution in [3.8, 4) is 17.2 Å². The molecular weight excluding hydrogens is 414 g/mol. The number of para-hydroxylation sites is 1. The summed E-state index contributed by atoms with van der Waals surface area (Å²) in [4.78, 5) is 17.6. The van der Waals surface area contributed by atoms with Crippen LogP contribution in [0.15, 0.2) is 51.5 Å². The van der Waals surface area contributed by atoms with Crippen molar-refractivity contribution >= 4 is 38.8 Å². The minimum absolute atomic E-state index is 0.0106. The minimum Gasteiger partial charge on any atom is -0.506 e. The molecule has 1 N–H and O–H groups in total. The van der Waals surface area contributed by atoms with Crippen molar-refractivity contribution in [2.75, 3.05) is 14.2 Å². The lowest BCUT2D eigenvalue weighted by Crippen LogP contribution is -2.06. The van der Waals surface area contributed by atoms with Gasteiger partial charge in [0.1, 0.15) is 21.8 Å². The van der Waals surface area contributed by atoms with Gasteiger partial charge in [0.05, 0.1) is 26.5 Å². The summed E-state index contributed by atoms with van der Waals surface area (Å²) in [7, 11) is 3.03. The summed E-state index contributed by atoms with van der Waals surface area (Å²) in [5.74, 6) is 1.14. The van der Waals surface area contributed by atoms with Crippen molar-refractivity contribution in [1.82, 2.24) is 19.5 Å². The summed E-state index contributed by atoms with van der Waals surface area (Å²) in [6, 6.07) is 4.96. The Hall–Kier alpha value is -3.38. The van der Waals surface area contributed by atoms with Crippen molar-refractivity contribution in [1.29, 1.82) is 0 Å². The van der Waals surface area contributed by atoms with E-state index in [0.29, 0.717) is 44.8 Å². The Kier molecular flexibility index (Phi) is 4.25. The summed E-state index contributed by atoms with van der Waals surface area (Å²) in [6.07, 6.45) is 3.10. The molecule has 1 aliphatic heterocycles. The van der Waals surface area contributed by atoms with Crippen LogP contribution in [-0.4, -0.2) is 44.7 Å². The highest BCUT2D eigenvalue weighted by Crippen LogP contribution is 2.36. The van der Waals surface area contributed by atoms with E-state index in [1.54, 1.807) is 35.0 Å². The molecule has 0 saturated heterocycles. The van der Waals surface area contributed by atoms with E-state index < -0.39 is 0 Å². The van der Waals surface area contributed by atoms with Gasteiger partial charge < -0.3 is 14.6 Å². The first kappa shape index (κ1) is 17.1. The van der Waals surface area contributed by atoms with E-state index in [9.17, 15) is 5.11 Å². The molecule has 3 aromatic rings. The Labute approximate surface area is 162 Å². The first-order chi connectivity index (χ1) is 13.1. The molecule has 1 aromatic carbocycles. The van der Waals surface area contributed by atoms with E-state index in [4.69, 9.17) is 9.47 Å². The van der Waals surface area contributed by atoms with Crippen LogP contribution in [0.4, 0.5) is 0 Å². The van der Waals surface area contributed by atoms with E-state index >= 15 is 0 Å². The molecule has 0 saturated carbocycles. The number of fused-ring (bicyclic) bond motifs is 1. The predicted molar refractivity (Wildman–Crippen MR) is 102 cm³/mol. The maximum absolute atomic E-state index is 10.5. The van der Waals surface area contributed by atoms with Crippen molar-refractivity contribution in [3.05, 3.63) is 52.4 Å². The maximum atomic E-state index is 10.5. The molecule has 2 aromatic heterocycles. The first-order valence-corrected chi connectivity index (χ1v) is 8.53. The Morgan fingerprint density at radius 3 is 2.81 bits per heavy atom. The van der Waals surface area contributed by atoms with Crippen molar-refractivity contribution < 1.29 is 14.6 Å². The highest BCUT2D eigenvalue weighted by molar-refractivity contribution is 9.10. The molecule has 0 aliphatic carbocycles. The van der Waals surface area contributed by atoms with Crippen LogP contribution < -0.4 is 4.74 Å². The Bertz CT molecular complexity index is 1200. The van der Waals surface area contributed by atoms with Crippen molar-refractivity contribution in [3.63, 3.8) is 0 Å². The molecule has 0 unspecified atom stereocenters. The lowest BCUT2D eigenvalue weighted by atomic mass is 10.2. The van der Waals surface area contributed by atoms with Gasteiger partial charge in [0.15, 0.2) is 22.8 Å². The van der Waals surface area contributed by atoms with Gasteiger partial charge in [-0.1, -0.05) is 11.8 Å². The Morgan fingerprint density at radius 1 is 1.19 bits per heavy atom. The van der Waals surface area contributed by atoms with Gasteiger partial charge in [-0.2, -0.15) is 0 Å². The van der Waals surface area contributed by atoms with E-state index in [1.807, 2.05) is 0 Å². The average Bonchev–Trinajstić information content (AvgIpc) is 3.06. The van der Waals surface area contributed by atoms with Gasteiger partial charge in [0, 0.05) is 0 Å². The molecule has 9 heteroatoms. The summed E-state index contributed by atoms with van der Waals surface area (Å²) in [5.41, 5.74) is 7.27. The number of methoxy groups -OCH3 is 2. The molecule has 27 heavy (non-hydrogen) atoms. The number of hydrogen-bond acceptors (Lipinski definition) is 7. The largest absolute Gasteiger partial charge is 0.506 e. The van der Waals surface area contributed by atoms with Crippen LogP contribution in [0.5, 0.6) is 11.5 Å². The van der Waals surface area contributed by atoms with Gasteiger partial charge in [-0.05, 0) is 33.8 Å². The standard InChI is InChI=1S/C18H12BrN5O3/c1-26-12-7-4-6-11(25)15(12)24-17(10-5-3-8-14(21-10)27-2)23-16-18(24)22-13(19)9-20-16/h4,6-9,25H,1-2H3. The average molecular weight is 426 g/mol. The Morgan fingerprint density at radius 2 is 2.04 bits per heavy atom. The molecule has 4 rings (SSSR count). The molecule has 1 aliphatic rings. The highest BCUT2D eigenvalue weighted by atomic mass is 79.9. The maximum Gasteiger partial charge on any atom is 0.222 e. The van der Waals surface area contributed by atoms with Gasteiger partial charge in [-0.25, -0.2) is 19.9 Å². The number of imidazole rings is 1. The fourth-order valence-electron chi connectivity index (χ4n) is 2.65. The molecule has 0 atom stereocenters. The number of nitrogens with zero attached hydrogens (tertiary/aromatic N) is 5. The predicted octanol–water partition coefficient (Wildman–Crippen LogP) is 3.00. The van der Waals surface area contributed by atoms with E-state index in [2.05, 4.69) is 47.3 Å². The summed E-state index contributed by atoms with van der Waals surface area (Å²) in [5, 5.41) is 10.5. The number of hydrogen-bond donors (Lipinski definition) is 1. The number of benzene rings is 1. The summed E-state index contributed by atoms with van der Waals surface area (Å²) >= 11 is 3.32. The third-order valence-electron chi connectivity index (χ3n) is 3.79. The lowest BCUT2D eigenvalue weighted by molar-refractivity contribution is 0.405. The van der Waals surface area contributed by atoms with Gasteiger partial charge in [-0.15, -0.1) is 0 Å². The molecule has 0 radical (unpaired) electrons. The van der Waals surface area contributed by atoms with Crippen LogP contribution in [0.2, 0.25) is 0 Å². The van der Waals surface area contributed by atoms with Crippen LogP contribution in [0.3, 0.4) is 0 Å². The van der Waals surface area contributed by atoms with Crippen LogP contribution in [0.1, 0.15) is 5.82 Å². The van der Waals surface area contributed by atoms with E-state index in [0.717, 1.165) is 0 Å². The van der Waals surface area contributed by atoms with Gasteiger partial charge in [0.2, 0.25) is 5.90 Å². The zero-order valence-corrected chi connectivity index (χ0v) is 15.9. The van der Waals surface area contributed by atoms with E-state index in [-0.39, 0.29) is 5.75 Å². The normalized spacial score (nSPS) is 12.9. The van der Waals surface area contributed by atoms with Crippen molar-refractivity contribution in [2.45, 2.75) is 0 Å². The molecule has 0 bridgehead atoms. The fraction of sp³-hybridized carbons (Fsp3) is 0.111. The highest BCUT2D eigenvalue weighted by Gasteiger charge is 2.24. The fourth-order valence-corrected chi connectivity index (χ4v) is 2.92. The van der Waals surface area contributed by atoms with Crippen LogP contribution in [0, 0.1) is 0 Å². The number of aromatic nitrogens is 4. The minimum atomic E-state index is -0.0106. The van der Waals surface area contributed by atoms with Crippen LogP contribution in [0.25, 0.3) is 22.7 Å². The van der Waals surface area contributed by atoms with Crippen molar-refractivity contribution in [2.24, 2.45) is 4.99 Å². The summed E-state index contributed by atoms with van der Waals surface area (Å²) in [6.45, 7) is 0. The lowest BCUT2D eigenvalue weighted by Gasteiger charge is -2.14. The number of halogens is 1. The number of aromatic hydroxyl groups is 1. The zero-order valence-electron chi connectivity index (χ0n) is 14.3. The molecule has 3 heterocycles. The van der Waals surface area contributed by atoms with Gasteiger partial charge >= 0.3 is 0 Å². The number of phenolic OH excluding ortho intramolecular Hbond substituents is 1. The number of phenols is 1. The molecule has 134 valence electrons. The first-order valence-electron chi connectivity index (χ1n) is 7.74. The summed E-state index contributed by atoms with van der Waals surface area (Å²) < 4.78 is 12.7. The van der Waals surface area contributed by atoms with Gasteiger partial charge in [-0.3, -0.25) is 4.57 Å². The molecule has 0 fully saturated rings. The Balaban J connectivity index is 2.11.